The molecule has 0 atom stereocenters. The summed E-state index contributed by atoms with van der Waals surface area (Å²) in [5.41, 5.74) is 0.0694. The third-order valence-corrected chi connectivity index (χ3v) is 3.13. The van der Waals surface area contributed by atoms with Crippen LogP contribution in [0.3, 0.4) is 0 Å². The number of rotatable bonds is 1. The van der Waals surface area contributed by atoms with Crippen molar-refractivity contribution in [3.05, 3.63) is 12.2 Å². The van der Waals surface area contributed by atoms with Gasteiger partial charge in [0.05, 0.1) is 6.04 Å². The van der Waals surface area contributed by atoms with Gasteiger partial charge in [-0.2, -0.15) is 5.10 Å². The summed E-state index contributed by atoms with van der Waals surface area (Å²) in [6, 6.07) is 0.599. The Hall–Kier alpha value is -0.860. The molecule has 0 saturated heterocycles. The van der Waals surface area contributed by atoms with Gasteiger partial charge in [0.2, 0.25) is 0 Å². The summed E-state index contributed by atoms with van der Waals surface area (Å²) >= 11 is 0. The lowest BCUT2D eigenvalue weighted by atomic mass is 9.95. The molecule has 2 rings (SSSR count). The van der Waals surface area contributed by atoms with Gasteiger partial charge < -0.3 is 0 Å². The second kappa shape index (κ2) is 3.95. The number of hydrogen-bond donors (Lipinski definition) is 0. The quantitative estimate of drug-likeness (QED) is 0.708. The SMILES string of the molecule is CC(C)(C)c1ncn(C2CCCCC2)n1. The van der Waals surface area contributed by atoms with Crippen molar-refractivity contribution in [1.29, 1.82) is 0 Å². The molecule has 1 saturated carbocycles. The van der Waals surface area contributed by atoms with Gasteiger partial charge in [0.1, 0.15) is 6.33 Å². The summed E-state index contributed by atoms with van der Waals surface area (Å²) in [7, 11) is 0. The minimum Gasteiger partial charge on any atom is -0.250 e. The molecule has 0 unspecified atom stereocenters. The smallest absolute Gasteiger partial charge is 0.155 e. The maximum Gasteiger partial charge on any atom is 0.155 e. The predicted octanol–water partition coefficient (Wildman–Crippen LogP) is 3.08. The Labute approximate surface area is 91.9 Å². The lowest BCUT2D eigenvalue weighted by Crippen LogP contribution is -2.17. The molecule has 1 heterocycles. The van der Waals surface area contributed by atoms with Crippen LogP contribution in [0.15, 0.2) is 6.33 Å². The second-order valence-electron chi connectivity index (χ2n) is 5.59. The van der Waals surface area contributed by atoms with E-state index in [0.717, 1.165) is 5.82 Å². The van der Waals surface area contributed by atoms with Gasteiger partial charge in [-0.1, -0.05) is 40.0 Å². The third kappa shape index (κ3) is 2.39. The first-order chi connectivity index (χ1) is 7.07. The second-order valence-corrected chi connectivity index (χ2v) is 5.59. The molecule has 0 bridgehead atoms. The van der Waals surface area contributed by atoms with Crippen LogP contribution in [0.25, 0.3) is 0 Å². The summed E-state index contributed by atoms with van der Waals surface area (Å²) in [5, 5.41) is 4.61. The Morgan fingerprint density at radius 3 is 2.40 bits per heavy atom. The highest BCUT2D eigenvalue weighted by Crippen LogP contribution is 2.28. The molecule has 0 aliphatic heterocycles. The van der Waals surface area contributed by atoms with Gasteiger partial charge in [-0.25, -0.2) is 9.67 Å². The molecule has 1 aliphatic carbocycles. The summed E-state index contributed by atoms with van der Waals surface area (Å²) in [6.45, 7) is 6.48. The van der Waals surface area contributed by atoms with E-state index in [1.165, 1.54) is 32.1 Å². The Morgan fingerprint density at radius 2 is 1.87 bits per heavy atom. The van der Waals surface area contributed by atoms with Crippen molar-refractivity contribution in [3.8, 4) is 0 Å². The fraction of sp³-hybridized carbons (Fsp3) is 0.833. The molecule has 1 aromatic heterocycles. The first-order valence-corrected chi connectivity index (χ1v) is 5.99. The van der Waals surface area contributed by atoms with E-state index >= 15 is 0 Å². The molecule has 1 aromatic rings. The van der Waals surface area contributed by atoms with E-state index in [1.54, 1.807) is 0 Å². The lowest BCUT2D eigenvalue weighted by Gasteiger charge is -2.21. The van der Waals surface area contributed by atoms with E-state index in [-0.39, 0.29) is 5.41 Å². The molecule has 0 amide bonds. The molecule has 84 valence electrons. The zero-order chi connectivity index (χ0) is 10.9. The largest absolute Gasteiger partial charge is 0.250 e. The Kier molecular flexibility index (Phi) is 2.81. The molecule has 1 fully saturated rings. The van der Waals surface area contributed by atoms with Crippen LogP contribution in [0.4, 0.5) is 0 Å². The molecule has 3 nitrogen and oxygen atoms in total. The summed E-state index contributed by atoms with van der Waals surface area (Å²) in [5.74, 6) is 0.966. The highest BCUT2D eigenvalue weighted by molar-refractivity contribution is 4.99. The average Bonchev–Trinajstić information content (AvgIpc) is 2.67. The fourth-order valence-corrected chi connectivity index (χ4v) is 2.14. The van der Waals surface area contributed by atoms with Crippen LogP contribution in [0.1, 0.15) is 64.7 Å². The van der Waals surface area contributed by atoms with Gasteiger partial charge in [0, 0.05) is 5.41 Å². The predicted molar refractivity (Wildman–Crippen MR) is 60.8 cm³/mol. The first-order valence-electron chi connectivity index (χ1n) is 5.99. The highest BCUT2D eigenvalue weighted by Gasteiger charge is 2.22. The highest BCUT2D eigenvalue weighted by atomic mass is 15.3. The van der Waals surface area contributed by atoms with Crippen LogP contribution in [-0.2, 0) is 5.41 Å². The Bertz CT molecular complexity index is 316. The van der Waals surface area contributed by atoms with Crippen molar-refractivity contribution >= 4 is 0 Å². The Morgan fingerprint density at radius 1 is 1.20 bits per heavy atom. The standard InChI is InChI=1S/C12H21N3/c1-12(2,3)11-13-9-15(14-11)10-7-5-4-6-8-10/h9-10H,4-8H2,1-3H3. The van der Waals surface area contributed by atoms with Crippen LogP contribution in [0.5, 0.6) is 0 Å². The van der Waals surface area contributed by atoms with Gasteiger partial charge in [0.15, 0.2) is 5.82 Å². The molecule has 0 aromatic carbocycles. The van der Waals surface area contributed by atoms with E-state index in [1.807, 2.05) is 6.33 Å². The minimum atomic E-state index is 0.0694. The zero-order valence-corrected chi connectivity index (χ0v) is 10.0. The fourth-order valence-electron chi connectivity index (χ4n) is 2.14. The van der Waals surface area contributed by atoms with Gasteiger partial charge in [-0.3, -0.25) is 0 Å². The molecule has 3 heteroatoms. The maximum atomic E-state index is 4.61. The van der Waals surface area contributed by atoms with Crippen LogP contribution in [-0.4, -0.2) is 14.8 Å². The summed E-state index contributed by atoms with van der Waals surface area (Å²) in [4.78, 5) is 4.41. The van der Waals surface area contributed by atoms with Crippen molar-refractivity contribution < 1.29 is 0 Å². The van der Waals surface area contributed by atoms with Crippen LogP contribution in [0, 0.1) is 0 Å². The van der Waals surface area contributed by atoms with Gasteiger partial charge in [-0.05, 0) is 12.8 Å². The van der Waals surface area contributed by atoms with E-state index in [0.29, 0.717) is 6.04 Å². The molecule has 15 heavy (non-hydrogen) atoms. The van der Waals surface area contributed by atoms with Gasteiger partial charge in [-0.15, -0.1) is 0 Å². The van der Waals surface area contributed by atoms with E-state index in [2.05, 4.69) is 35.5 Å². The van der Waals surface area contributed by atoms with Crippen molar-refractivity contribution in [3.63, 3.8) is 0 Å². The normalized spacial score (nSPS) is 19.4. The average molecular weight is 207 g/mol. The third-order valence-electron chi connectivity index (χ3n) is 3.13. The molecule has 1 aliphatic rings. The monoisotopic (exact) mass is 207 g/mol. The molecule has 0 radical (unpaired) electrons. The van der Waals surface area contributed by atoms with Crippen molar-refractivity contribution in [2.24, 2.45) is 0 Å². The number of nitrogens with zero attached hydrogens (tertiary/aromatic N) is 3. The van der Waals surface area contributed by atoms with Crippen molar-refractivity contribution in [2.45, 2.75) is 64.3 Å². The Balaban J connectivity index is 2.12. The molecule has 0 N–H and O–H groups in total. The topological polar surface area (TPSA) is 30.7 Å². The lowest BCUT2D eigenvalue weighted by molar-refractivity contribution is 0.325. The summed E-state index contributed by atoms with van der Waals surface area (Å²) in [6.07, 6.45) is 8.53. The molecular formula is C12H21N3. The first kappa shape index (κ1) is 10.7. The van der Waals surface area contributed by atoms with E-state index < -0.39 is 0 Å². The number of hydrogen-bond acceptors (Lipinski definition) is 2. The zero-order valence-electron chi connectivity index (χ0n) is 10.0. The maximum absolute atomic E-state index is 4.61. The van der Waals surface area contributed by atoms with Crippen LogP contribution < -0.4 is 0 Å². The molecule has 0 spiro atoms. The molecular weight excluding hydrogens is 186 g/mol. The van der Waals surface area contributed by atoms with Crippen LogP contribution in [0.2, 0.25) is 0 Å². The van der Waals surface area contributed by atoms with Crippen molar-refractivity contribution in [1.82, 2.24) is 14.8 Å². The minimum absolute atomic E-state index is 0.0694. The summed E-state index contributed by atoms with van der Waals surface area (Å²) < 4.78 is 2.08. The van der Waals surface area contributed by atoms with Crippen molar-refractivity contribution in [2.75, 3.05) is 0 Å². The van der Waals surface area contributed by atoms with Gasteiger partial charge >= 0.3 is 0 Å². The van der Waals surface area contributed by atoms with E-state index in [4.69, 9.17) is 0 Å². The van der Waals surface area contributed by atoms with Crippen LogP contribution >= 0.6 is 0 Å². The van der Waals surface area contributed by atoms with Gasteiger partial charge in [0.25, 0.3) is 0 Å². The van der Waals surface area contributed by atoms with E-state index in [9.17, 15) is 0 Å². The number of aromatic nitrogens is 3.